The first-order valence-electron chi connectivity index (χ1n) is 6.58. The Labute approximate surface area is 138 Å². The highest BCUT2D eigenvalue weighted by Crippen LogP contribution is 2.34. The molecule has 0 atom stereocenters. The Hall–Kier alpha value is -1.78. The monoisotopic (exact) mass is 341 g/mol. The van der Waals surface area contributed by atoms with Crippen LogP contribution in [0, 0.1) is 5.82 Å². The second kappa shape index (κ2) is 6.99. The number of amides is 1. The number of halogens is 3. The lowest BCUT2D eigenvalue weighted by Crippen LogP contribution is -2.30. The Bertz CT molecular complexity index is 666. The molecule has 1 amide bonds. The summed E-state index contributed by atoms with van der Waals surface area (Å²) in [6.07, 6.45) is 0. The second-order valence-electron chi connectivity index (χ2n) is 4.50. The number of carbonyl (C=O) groups is 1. The van der Waals surface area contributed by atoms with Crippen molar-refractivity contribution in [2.45, 2.75) is 6.92 Å². The topological polar surface area (TPSA) is 29.5 Å². The van der Waals surface area contributed by atoms with Gasteiger partial charge in [0, 0.05) is 17.8 Å². The normalized spacial score (nSPS) is 10.4. The molecule has 2 aromatic rings. The van der Waals surface area contributed by atoms with Gasteiger partial charge in [0.15, 0.2) is 5.75 Å². The second-order valence-corrected chi connectivity index (χ2v) is 5.31. The molecule has 2 rings (SSSR count). The molecule has 0 unspecified atom stereocenters. The van der Waals surface area contributed by atoms with Gasteiger partial charge in [-0.1, -0.05) is 23.2 Å². The molecular weight excluding hydrogens is 328 g/mol. The maximum Gasteiger partial charge on any atom is 0.258 e. The third kappa shape index (κ3) is 3.34. The van der Waals surface area contributed by atoms with E-state index in [1.807, 2.05) is 6.92 Å². The zero-order chi connectivity index (χ0) is 16.3. The fourth-order valence-corrected chi connectivity index (χ4v) is 2.74. The molecule has 2 aromatic carbocycles. The molecule has 22 heavy (non-hydrogen) atoms. The summed E-state index contributed by atoms with van der Waals surface area (Å²) in [5.41, 5.74) is 0.930. The van der Waals surface area contributed by atoms with Crippen molar-refractivity contribution >= 4 is 34.8 Å². The molecule has 0 saturated heterocycles. The van der Waals surface area contributed by atoms with Crippen molar-refractivity contribution in [2.75, 3.05) is 18.6 Å². The molecule has 0 bridgehead atoms. The van der Waals surface area contributed by atoms with Crippen molar-refractivity contribution in [3.8, 4) is 5.75 Å². The van der Waals surface area contributed by atoms with Crippen LogP contribution in [0.15, 0.2) is 36.4 Å². The first-order valence-corrected chi connectivity index (χ1v) is 7.34. The molecule has 0 aliphatic rings. The van der Waals surface area contributed by atoms with Gasteiger partial charge in [0.25, 0.3) is 5.91 Å². The molecule has 0 radical (unpaired) electrons. The Kier molecular flexibility index (Phi) is 5.27. The lowest BCUT2D eigenvalue weighted by atomic mass is 10.1. The Morgan fingerprint density at radius 2 is 1.73 bits per heavy atom. The van der Waals surface area contributed by atoms with Crippen LogP contribution in [0.5, 0.6) is 5.75 Å². The number of ether oxygens (including phenoxy) is 1. The number of hydrogen-bond donors (Lipinski definition) is 0. The summed E-state index contributed by atoms with van der Waals surface area (Å²) >= 11 is 12.1. The fraction of sp³-hybridized carbons (Fsp3) is 0.188. The number of anilines is 1. The number of benzene rings is 2. The van der Waals surface area contributed by atoms with E-state index < -0.39 is 0 Å². The van der Waals surface area contributed by atoms with E-state index in [0.29, 0.717) is 23.5 Å². The summed E-state index contributed by atoms with van der Waals surface area (Å²) in [5, 5.41) is 0.516. The lowest BCUT2D eigenvalue weighted by molar-refractivity contribution is 0.0988. The van der Waals surface area contributed by atoms with Crippen molar-refractivity contribution in [3.05, 3.63) is 57.8 Å². The van der Waals surface area contributed by atoms with E-state index in [4.69, 9.17) is 27.9 Å². The number of nitrogens with zero attached hydrogens (tertiary/aromatic N) is 1. The van der Waals surface area contributed by atoms with Gasteiger partial charge in [-0.3, -0.25) is 4.79 Å². The summed E-state index contributed by atoms with van der Waals surface area (Å²) in [6, 6.07) is 8.70. The molecule has 0 spiro atoms. The highest BCUT2D eigenvalue weighted by molar-refractivity contribution is 6.37. The molecule has 0 N–H and O–H groups in total. The van der Waals surface area contributed by atoms with Gasteiger partial charge in [-0.25, -0.2) is 4.39 Å². The number of carbonyl (C=O) groups excluding carboxylic acids is 1. The third-order valence-electron chi connectivity index (χ3n) is 3.15. The van der Waals surface area contributed by atoms with Crippen molar-refractivity contribution < 1.29 is 13.9 Å². The highest BCUT2D eigenvalue weighted by atomic mass is 35.5. The lowest BCUT2D eigenvalue weighted by Gasteiger charge is -2.21. The summed E-state index contributed by atoms with van der Waals surface area (Å²) < 4.78 is 18.1. The van der Waals surface area contributed by atoms with Gasteiger partial charge < -0.3 is 9.64 Å². The van der Waals surface area contributed by atoms with Crippen LogP contribution in [0.3, 0.4) is 0 Å². The average molecular weight is 342 g/mol. The first kappa shape index (κ1) is 16.6. The van der Waals surface area contributed by atoms with Crippen LogP contribution in [0.4, 0.5) is 10.1 Å². The zero-order valence-electron chi connectivity index (χ0n) is 12.1. The van der Waals surface area contributed by atoms with Crippen LogP contribution in [0.1, 0.15) is 17.3 Å². The van der Waals surface area contributed by atoms with Crippen LogP contribution in [0.25, 0.3) is 0 Å². The Balaban J connectivity index is 2.38. The molecule has 6 heteroatoms. The van der Waals surface area contributed by atoms with Gasteiger partial charge in [-0.15, -0.1) is 0 Å². The molecule has 3 nitrogen and oxygen atoms in total. The maximum absolute atomic E-state index is 13.0. The van der Waals surface area contributed by atoms with Gasteiger partial charge in [0.1, 0.15) is 5.82 Å². The first-order chi connectivity index (χ1) is 10.5. The van der Waals surface area contributed by atoms with Crippen LogP contribution in [-0.2, 0) is 0 Å². The van der Waals surface area contributed by atoms with Crippen molar-refractivity contribution in [1.29, 1.82) is 0 Å². The average Bonchev–Trinajstić information content (AvgIpc) is 2.49. The highest BCUT2D eigenvalue weighted by Gasteiger charge is 2.19. The molecule has 0 saturated carbocycles. The van der Waals surface area contributed by atoms with Gasteiger partial charge in [0.2, 0.25) is 0 Å². The summed E-state index contributed by atoms with van der Waals surface area (Å²) in [5.74, 6) is -0.312. The largest absolute Gasteiger partial charge is 0.494 e. The van der Waals surface area contributed by atoms with Crippen LogP contribution >= 0.6 is 23.2 Å². The summed E-state index contributed by atoms with van der Waals surface area (Å²) in [4.78, 5) is 14.1. The van der Waals surface area contributed by atoms with Crippen molar-refractivity contribution in [2.24, 2.45) is 0 Å². The fourth-order valence-electron chi connectivity index (χ4n) is 2.10. The van der Waals surface area contributed by atoms with Gasteiger partial charge in [0.05, 0.1) is 17.2 Å². The minimum absolute atomic E-state index is 0.258. The van der Waals surface area contributed by atoms with E-state index in [-0.39, 0.29) is 21.8 Å². The molecule has 116 valence electrons. The SMILES string of the molecule is CCN(C(=O)c1cc(Cl)c(OC)c(Cl)c1)c1ccc(F)cc1. The van der Waals surface area contributed by atoms with E-state index in [1.54, 1.807) is 12.1 Å². The molecule has 0 aromatic heterocycles. The summed E-state index contributed by atoms with van der Waals surface area (Å²) in [7, 11) is 1.45. The third-order valence-corrected chi connectivity index (χ3v) is 3.71. The quantitative estimate of drug-likeness (QED) is 0.798. The number of rotatable bonds is 4. The molecule has 0 fully saturated rings. The van der Waals surface area contributed by atoms with E-state index in [1.165, 1.54) is 36.3 Å². The van der Waals surface area contributed by atoms with Crippen LogP contribution in [-0.4, -0.2) is 19.6 Å². The van der Waals surface area contributed by atoms with Crippen molar-refractivity contribution in [1.82, 2.24) is 0 Å². The van der Waals surface area contributed by atoms with Crippen molar-refractivity contribution in [3.63, 3.8) is 0 Å². The predicted octanol–water partition coefficient (Wildman–Crippen LogP) is 4.81. The maximum atomic E-state index is 13.0. The molecule has 0 aliphatic carbocycles. The standard InChI is InChI=1S/C16H14Cl2FNO2/c1-3-20(12-6-4-11(19)5-7-12)16(21)10-8-13(17)15(22-2)14(18)9-10/h4-9H,3H2,1-2H3. The van der Waals surface area contributed by atoms with E-state index >= 15 is 0 Å². The van der Waals surface area contributed by atoms with Gasteiger partial charge in [-0.2, -0.15) is 0 Å². The zero-order valence-corrected chi connectivity index (χ0v) is 13.6. The van der Waals surface area contributed by atoms with Crippen LogP contribution in [0.2, 0.25) is 10.0 Å². The number of hydrogen-bond acceptors (Lipinski definition) is 2. The predicted molar refractivity (Wildman–Crippen MR) is 86.8 cm³/mol. The smallest absolute Gasteiger partial charge is 0.258 e. The van der Waals surface area contributed by atoms with Gasteiger partial charge in [-0.05, 0) is 43.3 Å². The van der Waals surface area contributed by atoms with E-state index in [2.05, 4.69) is 0 Å². The minimum Gasteiger partial charge on any atom is -0.494 e. The van der Waals surface area contributed by atoms with E-state index in [0.717, 1.165) is 0 Å². The Morgan fingerprint density at radius 1 is 1.18 bits per heavy atom. The van der Waals surface area contributed by atoms with E-state index in [9.17, 15) is 9.18 Å². The Morgan fingerprint density at radius 3 is 2.18 bits per heavy atom. The minimum atomic E-state index is -0.359. The van der Waals surface area contributed by atoms with Crippen LogP contribution < -0.4 is 9.64 Å². The molecular formula is C16H14Cl2FNO2. The molecule has 0 heterocycles. The number of methoxy groups -OCH3 is 1. The van der Waals surface area contributed by atoms with Gasteiger partial charge >= 0.3 is 0 Å². The summed E-state index contributed by atoms with van der Waals surface area (Å²) in [6.45, 7) is 2.25. The molecule has 0 aliphatic heterocycles.